The molecule has 6 nitrogen and oxygen atoms in total. The molecular formula is C21H28N2O4S. The normalized spacial score (nSPS) is 14.1. The fraction of sp³-hybridized carbons (Fsp3) is 0.381. The van der Waals surface area contributed by atoms with Gasteiger partial charge in [0.1, 0.15) is 0 Å². The number of nitrogens with zero attached hydrogens (tertiary/aromatic N) is 1. The molecule has 0 heterocycles. The van der Waals surface area contributed by atoms with E-state index in [1.165, 1.54) is 23.4 Å². The first-order valence-corrected chi connectivity index (χ1v) is 10.7. The van der Waals surface area contributed by atoms with Crippen molar-refractivity contribution in [3.8, 4) is 0 Å². The van der Waals surface area contributed by atoms with Crippen molar-refractivity contribution >= 4 is 21.6 Å². The number of sulfonamides is 1. The van der Waals surface area contributed by atoms with Gasteiger partial charge in [0.2, 0.25) is 15.9 Å². The monoisotopic (exact) mass is 404 g/mol. The Kier molecular flexibility index (Phi) is 7.35. The van der Waals surface area contributed by atoms with Gasteiger partial charge in [-0.2, -0.15) is 4.31 Å². The van der Waals surface area contributed by atoms with Crippen molar-refractivity contribution in [3.05, 3.63) is 60.2 Å². The van der Waals surface area contributed by atoms with E-state index in [4.69, 9.17) is 0 Å². The second kappa shape index (κ2) is 9.32. The zero-order valence-corrected chi connectivity index (χ0v) is 17.5. The smallest absolute Gasteiger partial charge is 0.243 e. The van der Waals surface area contributed by atoms with Gasteiger partial charge in [0.05, 0.1) is 11.0 Å². The van der Waals surface area contributed by atoms with Crippen LogP contribution in [0.15, 0.2) is 59.5 Å². The van der Waals surface area contributed by atoms with E-state index in [0.717, 1.165) is 5.56 Å². The number of hydrogen-bond acceptors (Lipinski definition) is 4. The summed E-state index contributed by atoms with van der Waals surface area (Å²) in [5, 5.41) is 13.3. The molecule has 0 aromatic heterocycles. The molecule has 2 aromatic rings. The van der Waals surface area contributed by atoms with Gasteiger partial charge in [-0.15, -0.1) is 0 Å². The van der Waals surface area contributed by atoms with E-state index in [-0.39, 0.29) is 29.3 Å². The molecule has 0 bridgehead atoms. The van der Waals surface area contributed by atoms with Gasteiger partial charge in [-0.05, 0) is 43.7 Å². The van der Waals surface area contributed by atoms with E-state index in [0.29, 0.717) is 5.69 Å². The van der Waals surface area contributed by atoms with Crippen LogP contribution in [0.25, 0.3) is 0 Å². The van der Waals surface area contributed by atoms with Crippen LogP contribution >= 0.6 is 0 Å². The first-order chi connectivity index (χ1) is 13.1. The number of aliphatic hydroxyl groups is 1. The Hall–Kier alpha value is -2.22. The molecule has 0 fully saturated rings. The van der Waals surface area contributed by atoms with Crippen LogP contribution in [-0.4, -0.2) is 42.4 Å². The molecule has 7 heteroatoms. The molecule has 28 heavy (non-hydrogen) atoms. The minimum Gasteiger partial charge on any atom is -0.391 e. The molecule has 2 aromatic carbocycles. The highest BCUT2D eigenvalue weighted by molar-refractivity contribution is 7.89. The zero-order chi connectivity index (χ0) is 20.9. The minimum absolute atomic E-state index is 0.0104. The fourth-order valence-corrected chi connectivity index (χ4v) is 4.61. The molecular weight excluding hydrogens is 376 g/mol. The maximum absolute atomic E-state index is 13.1. The van der Waals surface area contributed by atoms with Crippen LogP contribution < -0.4 is 5.32 Å². The lowest BCUT2D eigenvalue weighted by Crippen LogP contribution is -2.43. The number of carbonyl (C=O) groups excluding carboxylic acids is 1. The van der Waals surface area contributed by atoms with Gasteiger partial charge in [0.15, 0.2) is 0 Å². The Morgan fingerprint density at radius 2 is 1.61 bits per heavy atom. The lowest BCUT2D eigenvalue weighted by atomic mass is 9.95. The molecule has 1 unspecified atom stereocenters. The van der Waals surface area contributed by atoms with Gasteiger partial charge in [-0.1, -0.05) is 37.3 Å². The summed E-state index contributed by atoms with van der Waals surface area (Å²) in [5.41, 5.74) is 1.48. The third kappa shape index (κ3) is 5.41. The summed E-state index contributed by atoms with van der Waals surface area (Å²) >= 11 is 0. The molecule has 0 saturated carbocycles. The summed E-state index contributed by atoms with van der Waals surface area (Å²) in [6.45, 7) is 6.82. The van der Waals surface area contributed by atoms with Crippen molar-refractivity contribution in [2.45, 2.75) is 50.7 Å². The van der Waals surface area contributed by atoms with E-state index in [1.807, 2.05) is 37.3 Å². The van der Waals surface area contributed by atoms with Crippen LogP contribution in [0.5, 0.6) is 0 Å². The number of anilines is 1. The Morgan fingerprint density at radius 3 is 2.11 bits per heavy atom. The van der Waals surface area contributed by atoms with Crippen molar-refractivity contribution in [2.75, 3.05) is 11.9 Å². The Balaban J connectivity index is 2.22. The highest BCUT2D eigenvalue weighted by Gasteiger charge is 2.31. The zero-order valence-electron chi connectivity index (χ0n) is 16.7. The molecule has 2 atom stereocenters. The lowest BCUT2D eigenvalue weighted by Gasteiger charge is -2.30. The van der Waals surface area contributed by atoms with Gasteiger partial charge in [-0.25, -0.2) is 8.42 Å². The van der Waals surface area contributed by atoms with Crippen LogP contribution in [-0.2, 0) is 14.8 Å². The van der Waals surface area contributed by atoms with Gasteiger partial charge in [-0.3, -0.25) is 4.79 Å². The van der Waals surface area contributed by atoms with Crippen molar-refractivity contribution < 1.29 is 18.3 Å². The van der Waals surface area contributed by atoms with Crippen LogP contribution in [0.2, 0.25) is 0 Å². The van der Waals surface area contributed by atoms with Crippen LogP contribution in [0.4, 0.5) is 5.69 Å². The number of hydrogen-bond donors (Lipinski definition) is 2. The number of amides is 1. The van der Waals surface area contributed by atoms with Gasteiger partial charge >= 0.3 is 0 Å². The summed E-state index contributed by atoms with van der Waals surface area (Å²) in [4.78, 5) is 11.2. The Bertz CT molecular complexity index is 880. The highest BCUT2D eigenvalue weighted by atomic mass is 32.2. The number of nitrogens with one attached hydrogen (secondary N) is 1. The lowest BCUT2D eigenvalue weighted by molar-refractivity contribution is -0.114. The first-order valence-electron chi connectivity index (χ1n) is 9.25. The van der Waals surface area contributed by atoms with Crippen molar-refractivity contribution in [1.29, 1.82) is 0 Å². The van der Waals surface area contributed by atoms with E-state index in [1.54, 1.807) is 26.0 Å². The van der Waals surface area contributed by atoms with Crippen LogP contribution in [0.3, 0.4) is 0 Å². The van der Waals surface area contributed by atoms with Crippen LogP contribution in [0.1, 0.15) is 39.2 Å². The largest absolute Gasteiger partial charge is 0.391 e. The molecule has 0 radical (unpaired) electrons. The summed E-state index contributed by atoms with van der Waals surface area (Å²) < 4.78 is 27.6. The molecule has 2 rings (SSSR count). The summed E-state index contributed by atoms with van der Waals surface area (Å²) in [6, 6.07) is 15.2. The Labute approximate surface area is 167 Å². The third-order valence-electron chi connectivity index (χ3n) is 4.63. The van der Waals surface area contributed by atoms with Crippen molar-refractivity contribution in [3.63, 3.8) is 0 Å². The van der Waals surface area contributed by atoms with Gasteiger partial charge in [0, 0.05) is 31.1 Å². The molecule has 0 aliphatic carbocycles. The Morgan fingerprint density at radius 1 is 1.04 bits per heavy atom. The topological polar surface area (TPSA) is 86.7 Å². The second-order valence-electron chi connectivity index (χ2n) is 7.14. The standard InChI is InChI=1S/C21H28N2O4S/c1-15(2)23(14-21(25)16(3)18-8-6-5-7-9-18)28(26,27)20-12-10-19(11-13-20)22-17(4)24/h5-13,15-16,21,25H,14H2,1-4H3,(H,22,24)/t16?,21-/m0/s1. The number of rotatable bonds is 8. The number of carbonyl (C=O) groups is 1. The summed E-state index contributed by atoms with van der Waals surface area (Å²) in [5.74, 6) is -0.433. The predicted octanol–water partition coefficient (Wildman–Crippen LogP) is 3.21. The summed E-state index contributed by atoms with van der Waals surface area (Å²) in [6.07, 6.45) is -0.849. The predicted molar refractivity (Wildman–Crippen MR) is 111 cm³/mol. The minimum atomic E-state index is -3.80. The van der Waals surface area contributed by atoms with Gasteiger partial charge < -0.3 is 10.4 Å². The SMILES string of the molecule is CC(=O)Nc1ccc(S(=O)(=O)N(C[C@H](O)C(C)c2ccccc2)C(C)C)cc1. The van der Waals surface area contributed by atoms with Crippen LogP contribution in [0, 0.1) is 0 Å². The fourth-order valence-electron chi connectivity index (χ4n) is 2.96. The molecule has 0 aliphatic rings. The highest BCUT2D eigenvalue weighted by Crippen LogP contribution is 2.25. The van der Waals surface area contributed by atoms with E-state index >= 15 is 0 Å². The molecule has 0 saturated heterocycles. The average Bonchev–Trinajstić information content (AvgIpc) is 2.65. The maximum atomic E-state index is 13.1. The van der Waals surface area contributed by atoms with E-state index in [9.17, 15) is 18.3 Å². The van der Waals surface area contributed by atoms with Gasteiger partial charge in [0.25, 0.3) is 0 Å². The van der Waals surface area contributed by atoms with Crippen molar-refractivity contribution in [1.82, 2.24) is 4.31 Å². The third-order valence-corrected chi connectivity index (χ3v) is 6.68. The quantitative estimate of drug-likeness (QED) is 0.707. The number of aliphatic hydroxyl groups excluding tert-OH is 1. The molecule has 0 spiro atoms. The van der Waals surface area contributed by atoms with E-state index < -0.39 is 16.1 Å². The average molecular weight is 405 g/mol. The molecule has 152 valence electrons. The maximum Gasteiger partial charge on any atom is 0.243 e. The second-order valence-corrected chi connectivity index (χ2v) is 9.03. The molecule has 0 aliphatic heterocycles. The molecule has 2 N–H and O–H groups in total. The molecule has 1 amide bonds. The number of benzene rings is 2. The van der Waals surface area contributed by atoms with Crippen molar-refractivity contribution in [2.24, 2.45) is 0 Å². The summed E-state index contributed by atoms with van der Waals surface area (Å²) in [7, 11) is -3.80. The van der Waals surface area contributed by atoms with E-state index in [2.05, 4.69) is 5.32 Å². The first kappa shape index (κ1) is 22.1.